The molecule has 4 nitrogen and oxygen atoms in total. The van der Waals surface area contributed by atoms with Gasteiger partial charge in [-0.3, -0.25) is 0 Å². The first-order valence-corrected chi connectivity index (χ1v) is 9.99. The maximum atomic E-state index is 12.2. The zero-order valence-electron chi connectivity index (χ0n) is 12.8. The van der Waals surface area contributed by atoms with Crippen LogP contribution in [0.25, 0.3) is 0 Å². The lowest BCUT2D eigenvalue weighted by molar-refractivity contribution is -0.0212. The van der Waals surface area contributed by atoms with Gasteiger partial charge in [0.2, 0.25) is 0 Å². The van der Waals surface area contributed by atoms with E-state index in [4.69, 9.17) is 9.47 Å². The van der Waals surface area contributed by atoms with E-state index in [-0.39, 0.29) is 0 Å². The van der Waals surface area contributed by atoms with Crippen LogP contribution < -0.4 is 0 Å². The Morgan fingerprint density at radius 1 is 0.708 bits per heavy atom. The summed E-state index contributed by atoms with van der Waals surface area (Å²) in [5.41, 5.74) is 0.989. The summed E-state index contributed by atoms with van der Waals surface area (Å²) in [5, 5.41) is 0. The van der Waals surface area contributed by atoms with Crippen LogP contribution in [0.1, 0.15) is 20.7 Å². The van der Waals surface area contributed by atoms with Crippen LogP contribution in [-0.2, 0) is 9.47 Å². The maximum Gasteiger partial charge on any atom is 0.338 e. The van der Waals surface area contributed by atoms with Crippen LogP contribution in [0.4, 0.5) is 0 Å². The monoisotopic (exact) mass is 360 g/mol. The molecular formula is C18H16O4S2. The normalized spacial score (nSPS) is 20.2. The molecule has 3 rings (SSSR count). The summed E-state index contributed by atoms with van der Waals surface area (Å²) in [6, 6.07) is 17.7. The molecule has 1 unspecified atom stereocenters. The molecule has 0 aromatic heterocycles. The van der Waals surface area contributed by atoms with Gasteiger partial charge in [-0.25, -0.2) is 9.59 Å². The van der Waals surface area contributed by atoms with Crippen LogP contribution in [0.15, 0.2) is 60.7 Å². The fourth-order valence-corrected chi connectivity index (χ4v) is 4.63. The van der Waals surface area contributed by atoms with Gasteiger partial charge in [0.25, 0.3) is 0 Å². The fourth-order valence-electron chi connectivity index (χ4n) is 2.22. The number of rotatable bonds is 4. The molecule has 1 aliphatic rings. The predicted octanol–water partition coefficient (Wildman–Crippen LogP) is 3.83. The van der Waals surface area contributed by atoms with E-state index in [1.54, 1.807) is 70.1 Å². The second-order valence-electron chi connectivity index (χ2n) is 5.19. The van der Waals surface area contributed by atoms with E-state index < -0.39 is 24.1 Å². The molecule has 0 aliphatic carbocycles. The minimum absolute atomic E-state index is 0.395. The van der Waals surface area contributed by atoms with E-state index >= 15 is 0 Å². The Hall–Kier alpha value is -1.92. The van der Waals surface area contributed by atoms with Gasteiger partial charge in [0.1, 0.15) is 12.2 Å². The first kappa shape index (κ1) is 16.9. The molecular weight excluding hydrogens is 344 g/mol. The fraction of sp³-hybridized carbons (Fsp3) is 0.222. The van der Waals surface area contributed by atoms with E-state index in [9.17, 15) is 9.59 Å². The van der Waals surface area contributed by atoms with Crippen LogP contribution >= 0.6 is 21.6 Å². The number of hydrogen-bond acceptors (Lipinski definition) is 6. The Morgan fingerprint density at radius 2 is 1.08 bits per heavy atom. The highest BCUT2D eigenvalue weighted by atomic mass is 33.1. The lowest BCUT2D eigenvalue weighted by atomic mass is 10.2. The summed E-state index contributed by atoms with van der Waals surface area (Å²) in [4.78, 5) is 24.5. The molecule has 2 aromatic carbocycles. The molecule has 6 heteroatoms. The molecule has 0 bridgehead atoms. The van der Waals surface area contributed by atoms with Gasteiger partial charge in [0, 0.05) is 11.5 Å². The van der Waals surface area contributed by atoms with Crippen molar-refractivity contribution >= 4 is 33.5 Å². The van der Waals surface area contributed by atoms with Gasteiger partial charge >= 0.3 is 11.9 Å². The molecule has 124 valence electrons. The summed E-state index contributed by atoms with van der Waals surface area (Å²) < 4.78 is 11.2. The third-order valence-electron chi connectivity index (χ3n) is 3.50. The van der Waals surface area contributed by atoms with Crippen molar-refractivity contribution in [2.24, 2.45) is 0 Å². The van der Waals surface area contributed by atoms with Crippen molar-refractivity contribution in [3.05, 3.63) is 71.8 Å². The Kier molecular flexibility index (Phi) is 5.82. The summed E-state index contributed by atoms with van der Waals surface area (Å²) in [6.07, 6.45) is -0.895. The van der Waals surface area contributed by atoms with Crippen LogP contribution in [0.5, 0.6) is 0 Å². The van der Waals surface area contributed by atoms with Gasteiger partial charge in [-0.1, -0.05) is 58.0 Å². The lowest BCUT2D eigenvalue weighted by Crippen LogP contribution is -2.40. The number of carbonyl (C=O) groups excluding carboxylic acids is 2. The first-order chi connectivity index (χ1) is 11.7. The van der Waals surface area contributed by atoms with Crippen molar-refractivity contribution in [1.29, 1.82) is 0 Å². The van der Waals surface area contributed by atoms with Gasteiger partial charge in [0.15, 0.2) is 0 Å². The molecule has 24 heavy (non-hydrogen) atoms. The van der Waals surface area contributed by atoms with Crippen molar-refractivity contribution in [2.75, 3.05) is 11.5 Å². The zero-order valence-corrected chi connectivity index (χ0v) is 14.4. The molecule has 1 saturated heterocycles. The second-order valence-corrected chi connectivity index (χ2v) is 7.74. The minimum Gasteiger partial charge on any atom is -0.454 e. The van der Waals surface area contributed by atoms with E-state index in [0.717, 1.165) is 0 Å². The second kappa shape index (κ2) is 8.26. The quantitative estimate of drug-likeness (QED) is 0.610. The average Bonchev–Trinajstić information content (AvgIpc) is 2.64. The lowest BCUT2D eigenvalue weighted by Gasteiger charge is -2.29. The van der Waals surface area contributed by atoms with Gasteiger partial charge in [-0.2, -0.15) is 0 Å². The Bertz CT molecular complexity index is 629. The summed E-state index contributed by atoms with van der Waals surface area (Å²) >= 11 is 0. The summed E-state index contributed by atoms with van der Waals surface area (Å²) in [7, 11) is 3.23. The van der Waals surface area contributed by atoms with Crippen molar-refractivity contribution in [2.45, 2.75) is 12.2 Å². The minimum atomic E-state index is -0.448. The number of benzene rings is 2. The van der Waals surface area contributed by atoms with Crippen LogP contribution in [0.3, 0.4) is 0 Å². The van der Waals surface area contributed by atoms with Gasteiger partial charge in [-0.15, -0.1) is 0 Å². The van der Waals surface area contributed by atoms with Crippen LogP contribution in [0, 0.1) is 0 Å². The molecule has 1 fully saturated rings. The van der Waals surface area contributed by atoms with Crippen molar-refractivity contribution < 1.29 is 19.1 Å². The topological polar surface area (TPSA) is 52.6 Å². The largest absolute Gasteiger partial charge is 0.454 e. The standard InChI is InChI=1S/C18H16O4S2/c19-17(13-7-3-1-4-8-13)21-15-11-23-24-12-16(15)22-18(20)14-9-5-2-6-10-14/h1-10,15-16H,11-12H2/t15-,16?/m1/s1. The molecule has 0 radical (unpaired) electrons. The van der Waals surface area contributed by atoms with Crippen molar-refractivity contribution in [1.82, 2.24) is 0 Å². The predicted molar refractivity (Wildman–Crippen MR) is 96.2 cm³/mol. The Balaban J connectivity index is 1.65. The molecule has 2 aromatic rings. The first-order valence-electron chi connectivity index (χ1n) is 7.50. The van der Waals surface area contributed by atoms with Crippen molar-refractivity contribution in [3.63, 3.8) is 0 Å². The number of carbonyl (C=O) groups is 2. The highest BCUT2D eigenvalue weighted by Crippen LogP contribution is 2.33. The molecule has 1 heterocycles. The van der Waals surface area contributed by atoms with Gasteiger partial charge < -0.3 is 9.47 Å². The highest BCUT2D eigenvalue weighted by Gasteiger charge is 2.33. The number of ether oxygens (including phenoxy) is 2. The molecule has 0 saturated carbocycles. The smallest absolute Gasteiger partial charge is 0.338 e. The summed E-state index contributed by atoms with van der Waals surface area (Å²) in [5.74, 6) is 0.397. The number of hydrogen-bond donors (Lipinski definition) is 0. The van der Waals surface area contributed by atoms with E-state index in [0.29, 0.717) is 22.6 Å². The number of esters is 2. The van der Waals surface area contributed by atoms with Gasteiger partial charge in [0.05, 0.1) is 11.1 Å². The van der Waals surface area contributed by atoms with E-state index in [2.05, 4.69) is 0 Å². The Morgan fingerprint density at radius 3 is 1.46 bits per heavy atom. The van der Waals surface area contributed by atoms with Gasteiger partial charge in [-0.05, 0) is 24.3 Å². The molecule has 0 spiro atoms. The molecule has 0 N–H and O–H groups in total. The molecule has 0 amide bonds. The van der Waals surface area contributed by atoms with E-state index in [1.807, 2.05) is 12.1 Å². The highest BCUT2D eigenvalue weighted by molar-refractivity contribution is 8.76. The van der Waals surface area contributed by atoms with Crippen molar-refractivity contribution in [3.8, 4) is 0 Å². The molecule has 2 atom stereocenters. The van der Waals surface area contributed by atoms with E-state index in [1.165, 1.54) is 0 Å². The maximum absolute atomic E-state index is 12.2. The third-order valence-corrected chi connectivity index (χ3v) is 5.91. The SMILES string of the molecule is O=C(OC1CSSC[C@H]1OC(=O)c1ccccc1)c1ccccc1. The van der Waals surface area contributed by atoms with Crippen LogP contribution in [0.2, 0.25) is 0 Å². The summed E-state index contributed by atoms with van der Waals surface area (Å²) in [6.45, 7) is 0. The zero-order chi connectivity index (χ0) is 16.8. The Labute approximate surface area is 148 Å². The third kappa shape index (κ3) is 4.33. The molecule has 1 aliphatic heterocycles. The van der Waals surface area contributed by atoms with Crippen LogP contribution in [-0.4, -0.2) is 35.7 Å². The average molecular weight is 360 g/mol.